The van der Waals surface area contributed by atoms with Crippen molar-refractivity contribution < 1.29 is 14.3 Å². The van der Waals surface area contributed by atoms with Crippen LogP contribution in [-0.4, -0.2) is 11.1 Å². The van der Waals surface area contributed by atoms with Crippen LogP contribution in [0.15, 0.2) is 12.1 Å². The van der Waals surface area contributed by atoms with Crippen LogP contribution in [0.5, 0.6) is 0 Å². The first kappa shape index (κ1) is 12.0. The summed E-state index contributed by atoms with van der Waals surface area (Å²) in [5, 5.41) is 8.66. The maximum absolute atomic E-state index is 13.6. The first-order valence-electron chi connectivity index (χ1n) is 4.59. The van der Waals surface area contributed by atoms with E-state index in [1.54, 1.807) is 19.9 Å². The van der Waals surface area contributed by atoms with E-state index < -0.39 is 11.8 Å². The highest BCUT2D eigenvalue weighted by molar-refractivity contribution is 6.30. The molecule has 0 aliphatic rings. The minimum absolute atomic E-state index is 0.0437. The Morgan fingerprint density at radius 1 is 1.60 bits per heavy atom. The van der Waals surface area contributed by atoms with E-state index in [0.29, 0.717) is 5.56 Å². The molecule has 1 atom stereocenters. The molecule has 0 bridgehead atoms. The van der Waals surface area contributed by atoms with Crippen molar-refractivity contribution >= 4 is 17.6 Å². The highest BCUT2D eigenvalue weighted by Crippen LogP contribution is 2.28. The Kier molecular flexibility index (Phi) is 3.69. The largest absolute Gasteiger partial charge is 0.481 e. The number of carbonyl (C=O) groups is 1. The van der Waals surface area contributed by atoms with Gasteiger partial charge in [-0.3, -0.25) is 4.79 Å². The zero-order valence-electron chi connectivity index (χ0n) is 8.55. The van der Waals surface area contributed by atoms with Gasteiger partial charge in [-0.15, -0.1) is 0 Å². The van der Waals surface area contributed by atoms with E-state index in [2.05, 4.69) is 0 Å². The van der Waals surface area contributed by atoms with Gasteiger partial charge in [-0.2, -0.15) is 0 Å². The Labute approximate surface area is 92.7 Å². The van der Waals surface area contributed by atoms with Crippen molar-refractivity contribution in [1.82, 2.24) is 0 Å². The summed E-state index contributed by atoms with van der Waals surface area (Å²) in [5.41, 5.74) is 1.19. The van der Waals surface area contributed by atoms with Gasteiger partial charge in [0.2, 0.25) is 0 Å². The van der Waals surface area contributed by atoms with Crippen molar-refractivity contribution in [3.8, 4) is 0 Å². The van der Waals surface area contributed by atoms with Gasteiger partial charge < -0.3 is 5.11 Å². The number of benzene rings is 1. The smallest absolute Gasteiger partial charge is 0.303 e. The molecule has 0 spiro atoms. The van der Waals surface area contributed by atoms with Crippen LogP contribution in [-0.2, 0) is 4.79 Å². The zero-order chi connectivity index (χ0) is 11.6. The van der Waals surface area contributed by atoms with E-state index >= 15 is 0 Å². The molecule has 0 saturated carbocycles. The number of rotatable bonds is 3. The van der Waals surface area contributed by atoms with Crippen LogP contribution in [0.2, 0.25) is 5.02 Å². The second-order valence-corrected chi connectivity index (χ2v) is 4.06. The average Bonchev–Trinajstić information content (AvgIpc) is 2.09. The lowest BCUT2D eigenvalue weighted by Crippen LogP contribution is -2.05. The number of hydrogen-bond donors (Lipinski definition) is 1. The molecule has 0 radical (unpaired) electrons. The minimum atomic E-state index is -0.945. The summed E-state index contributed by atoms with van der Waals surface area (Å²) in [6, 6.07) is 3.16. The predicted molar refractivity (Wildman–Crippen MR) is 56.8 cm³/mol. The Morgan fingerprint density at radius 3 is 2.73 bits per heavy atom. The topological polar surface area (TPSA) is 37.3 Å². The molecule has 1 aromatic carbocycles. The molecule has 1 N–H and O–H groups in total. The maximum atomic E-state index is 13.6. The fourth-order valence-electron chi connectivity index (χ4n) is 1.48. The SMILES string of the molecule is Cc1cc(Cl)c(F)c(C(C)CC(=O)O)c1. The first-order valence-corrected chi connectivity index (χ1v) is 4.97. The molecular weight excluding hydrogens is 219 g/mol. The zero-order valence-corrected chi connectivity index (χ0v) is 9.31. The maximum Gasteiger partial charge on any atom is 0.303 e. The van der Waals surface area contributed by atoms with Crippen molar-refractivity contribution in [2.24, 2.45) is 0 Å². The molecule has 1 rings (SSSR count). The standard InChI is InChI=1S/C11H12ClFO2/c1-6-3-8(7(2)5-10(14)15)11(13)9(12)4-6/h3-4,7H,5H2,1-2H3,(H,14,15). The quantitative estimate of drug-likeness (QED) is 0.865. The van der Waals surface area contributed by atoms with E-state index in [1.165, 1.54) is 6.07 Å². The number of aryl methyl sites for hydroxylation is 1. The van der Waals surface area contributed by atoms with Gasteiger partial charge >= 0.3 is 5.97 Å². The molecule has 1 unspecified atom stereocenters. The van der Waals surface area contributed by atoms with Gasteiger partial charge in [-0.1, -0.05) is 24.6 Å². The Hall–Kier alpha value is -1.09. The number of hydrogen-bond acceptors (Lipinski definition) is 1. The number of carboxylic acid groups (broad SMARTS) is 1. The van der Waals surface area contributed by atoms with E-state index in [-0.39, 0.29) is 17.4 Å². The fraction of sp³-hybridized carbons (Fsp3) is 0.364. The second kappa shape index (κ2) is 4.62. The van der Waals surface area contributed by atoms with Crippen molar-refractivity contribution in [3.63, 3.8) is 0 Å². The monoisotopic (exact) mass is 230 g/mol. The van der Waals surface area contributed by atoms with Crippen LogP contribution < -0.4 is 0 Å². The number of carboxylic acids is 1. The molecule has 0 saturated heterocycles. The average molecular weight is 231 g/mol. The summed E-state index contributed by atoms with van der Waals surface area (Å²) < 4.78 is 13.6. The summed E-state index contributed by atoms with van der Waals surface area (Å²) in [4.78, 5) is 10.5. The highest BCUT2D eigenvalue weighted by atomic mass is 35.5. The van der Waals surface area contributed by atoms with Crippen LogP contribution in [0, 0.1) is 12.7 Å². The lowest BCUT2D eigenvalue weighted by atomic mass is 9.96. The molecule has 0 aliphatic carbocycles. The van der Waals surface area contributed by atoms with Gasteiger partial charge in [0, 0.05) is 0 Å². The normalized spacial score (nSPS) is 12.5. The van der Waals surface area contributed by atoms with Crippen LogP contribution in [0.4, 0.5) is 4.39 Å². The lowest BCUT2D eigenvalue weighted by molar-refractivity contribution is -0.137. The molecule has 0 fully saturated rings. The van der Waals surface area contributed by atoms with E-state index in [4.69, 9.17) is 16.7 Å². The van der Waals surface area contributed by atoms with Gasteiger partial charge in [0.05, 0.1) is 11.4 Å². The molecule has 0 heterocycles. The third-order valence-corrected chi connectivity index (χ3v) is 2.49. The minimum Gasteiger partial charge on any atom is -0.481 e. The first-order chi connectivity index (χ1) is 6.91. The van der Waals surface area contributed by atoms with E-state index in [9.17, 15) is 9.18 Å². The van der Waals surface area contributed by atoms with Gasteiger partial charge in [0.25, 0.3) is 0 Å². The molecule has 1 aromatic rings. The van der Waals surface area contributed by atoms with Crippen LogP contribution >= 0.6 is 11.6 Å². The molecule has 15 heavy (non-hydrogen) atoms. The van der Waals surface area contributed by atoms with Gasteiger partial charge in [0.1, 0.15) is 5.82 Å². The number of aliphatic carboxylic acids is 1. The summed E-state index contributed by atoms with van der Waals surface area (Å²) in [6.07, 6.45) is -0.100. The fourth-order valence-corrected chi connectivity index (χ4v) is 1.76. The Morgan fingerprint density at radius 2 is 2.20 bits per heavy atom. The molecule has 82 valence electrons. The molecule has 0 amide bonds. The predicted octanol–water partition coefficient (Wildman–Crippen LogP) is 3.37. The lowest BCUT2D eigenvalue weighted by Gasteiger charge is -2.12. The van der Waals surface area contributed by atoms with Crippen molar-refractivity contribution in [1.29, 1.82) is 0 Å². The second-order valence-electron chi connectivity index (χ2n) is 3.65. The van der Waals surface area contributed by atoms with Crippen LogP contribution in [0.3, 0.4) is 0 Å². The molecule has 0 aliphatic heterocycles. The summed E-state index contributed by atoms with van der Waals surface area (Å²) in [7, 11) is 0. The van der Waals surface area contributed by atoms with Crippen LogP contribution in [0.1, 0.15) is 30.4 Å². The molecular formula is C11H12ClFO2. The summed E-state index contributed by atoms with van der Waals surface area (Å²) in [6.45, 7) is 3.46. The summed E-state index contributed by atoms with van der Waals surface area (Å²) in [5.74, 6) is -1.84. The molecule has 4 heteroatoms. The number of halogens is 2. The summed E-state index contributed by atoms with van der Waals surface area (Å²) >= 11 is 5.68. The van der Waals surface area contributed by atoms with Gasteiger partial charge in [0.15, 0.2) is 0 Å². The Balaban J connectivity index is 3.07. The van der Waals surface area contributed by atoms with Crippen LogP contribution in [0.25, 0.3) is 0 Å². The third-order valence-electron chi connectivity index (χ3n) is 2.21. The molecule has 2 nitrogen and oxygen atoms in total. The van der Waals surface area contributed by atoms with E-state index in [0.717, 1.165) is 5.56 Å². The van der Waals surface area contributed by atoms with Crippen molar-refractivity contribution in [2.75, 3.05) is 0 Å². The third kappa shape index (κ3) is 2.93. The van der Waals surface area contributed by atoms with Gasteiger partial charge in [-0.25, -0.2) is 4.39 Å². The van der Waals surface area contributed by atoms with Gasteiger partial charge in [-0.05, 0) is 30.0 Å². The van der Waals surface area contributed by atoms with Crippen molar-refractivity contribution in [3.05, 3.63) is 34.1 Å². The molecule has 0 aromatic heterocycles. The van der Waals surface area contributed by atoms with E-state index in [1.807, 2.05) is 0 Å². The highest BCUT2D eigenvalue weighted by Gasteiger charge is 2.16. The van der Waals surface area contributed by atoms with Crippen molar-refractivity contribution in [2.45, 2.75) is 26.2 Å². The Bertz CT molecular complexity index is 390.